The van der Waals surface area contributed by atoms with Crippen LogP contribution in [0.3, 0.4) is 0 Å². The Morgan fingerprint density at radius 3 is 2.33 bits per heavy atom. The summed E-state index contributed by atoms with van der Waals surface area (Å²) in [6.07, 6.45) is 10.6. The molecule has 0 spiro atoms. The molecule has 0 heterocycles. The third-order valence-corrected chi connectivity index (χ3v) is 6.18. The molecule has 1 atom stereocenters. The lowest BCUT2D eigenvalue weighted by molar-refractivity contribution is -0.122. The van der Waals surface area contributed by atoms with Crippen LogP contribution < -0.4 is 0 Å². The average Bonchev–Trinajstić information content (AvgIpc) is 2.63. The number of carbonyl (C=O) groups excluding carboxylic acids is 1. The molecule has 1 heteroatoms. The smallest absolute Gasteiger partial charge is 0.133 e. The van der Waals surface area contributed by atoms with Crippen molar-refractivity contribution in [3.63, 3.8) is 0 Å². The number of carbonyl (C=O) groups is 1. The largest absolute Gasteiger partial charge is 0.300 e. The molecule has 0 saturated heterocycles. The van der Waals surface area contributed by atoms with Crippen LogP contribution in [0.1, 0.15) is 96.2 Å². The van der Waals surface area contributed by atoms with Crippen LogP contribution in [0.2, 0.25) is 0 Å². The maximum absolute atomic E-state index is 11.7. The average molecular weight is 331 g/mol. The van der Waals surface area contributed by atoms with Crippen molar-refractivity contribution in [3.8, 4) is 0 Å². The first-order valence-electron chi connectivity index (χ1n) is 10.3. The van der Waals surface area contributed by atoms with E-state index in [1.54, 1.807) is 5.56 Å². The van der Waals surface area contributed by atoms with Crippen LogP contribution in [-0.4, -0.2) is 5.78 Å². The summed E-state index contributed by atoms with van der Waals surface area (Å²) >= 11 is 0. The number of hydrogen-bond acceptors (Lipinski definition) is 1. The SMILES string of the molecule is CC.CCc1ccc(C2CCC(C3CCCC(=O)C3)CC2)cc1C.[HH]. The maximum Gasteiger partial charge on any atom is 0.133 e. The van der Waals surface area contributed by atoms with Crippen molar-refractivity contribution < 1.29 is 6.22 Å². The molecule has 24 heavy (non-hydrogen) atoms. The third-order valence-electron chi connectivity index (χ3n) is 6.18. The van der Waals surface area contributed by atoms with E-state index in [2.05, 4.69) is 32.0 Å². The van der Waals surface area contributed by atoms with Gasteiger partial charge in [-0.25, -0.2) is 0 Å². The normalized spacial score (nSPS) is 27.3. The van der Waals surface area contributed by atoms with E-state index in [9.17, 15) is 4.79 Å². The van der Waals surface area contributed by atoms with Crippen LogP contribution >= 0.6 is 0 Å². The first-order valence-corrected chi connectivity index (χ1v) is 10.3. The van der Waals surface area contributed by atoms with Crippen molar-refractivity contribution >= 4 is 5.78 Å². The molecule has 2 saturated carbocycles. The van der Waals surface area contributed by atoms with Crippen molar-refractivity contribution in [2.24, 2.45) is 11.8 Å². The molecular formula is C23H38O. The van der Waals surface area contributed by atoms with Gasteiger partial charge in [0.15, 0.2) is 0 Å². The fraction of sp³-hybridized carbons (Fsp3) is 0.696. The van der Waals surface area contributed by atoms with Crippen molar-refractivity contribution in [2.45, 2.75) is 91.4 Å². The van der Waals surface area contributed by atoms with Crippen LogP contribution in [0, 0.1) is 18.8 Å². The summed E-state index contributed by atoms with van der Waals surface area (Å²) in [4.78, 5) is 11.7. The predicted molar refractivity (Wildman–Crippen MR) is 106 cm³/mol. The van der Waals surface area contributed by atoms with Crippen LogP contribution in [0.5, 0.6) is 0 Å². The van der Waals surface area contributed by atoms with E-state index in [1.165, 1.54) is 43.2 Å². The van der Waals surface area contributed by atoms with Gasteiger partial charge in [0.1, 0.15) is 5.78 Å². The molecule has 1 aromatic rings. The summed E-state index contributed by atoms with van der Waals surface area (Å²) in [6.45, 7) is 8.49. The molecule has 0 amide bonds. The van der Waals surface area contributed by atoms with Crippen LogP contribution in [0.25, 0.3) is 0 Å². The Hall–Kier alpha value is -1.11. The Balaban J connectivity index is 0.00000101. The second kappa shape index (κ2) is 9.39. The highest BCUT2D eigenvalue weighted by Gasteiger charge is 2.31. The first kappa shape index (κ1) is 19.2. The molecule has 0 aromatic heterocycles. The van der Waals surface area contributed by atoms with Crippen LogP contribution in [0.15, 0.2) is 18.2 Å². The second-order valence-electron chi connectivity index (χ2n) is 7.55. The molecule has 1 unspecified atom stereocenters. The van der Waals surface area contributed by atoms with Crippen LogP contribution in [-0.2, 0) is 11.2 Å². The lowest BCUT2D eigenvalue weighted by Gasteiger charge is -2.35. The summed E-state index contributed by atoms with van der Waals surface area (Å²) in [6, 6.07) is 7.12. The van der Waals surface area contributed by atoms with Gasteiger partial charge in [-0.2, -0.15) is 0 Å². The van der Waals surface area contributed by atoms with Crippen molar-refractivity contribution in [3.05, 3.63) is 34.9 Å². The monoisotopic (exact) mass is 330 g/mol. The zero-order chi connectivity index (χ0) is 17.5. The van der Waals surface area contributed by atoms with Gasteiger partial charge in [-0.15, -0.1) is 0 Å². The number of rotatable bonds is 3. The zero-order valence-corrected chi connectivity index (χ0v) is 16.2. The highest BCUT2D eigenvalue weighted by molar-refractivity contribution is 5.79. The van der Waals surface area contributed by atoms with Gasteiger partial charge in [0.25, 0.3) is 0 Å². The molecule has 0 bridgehead atoms. The van der Waals surface area contributed by atoms with Crippen molar-refractivity contribution in [1.82, 2.24) is 0 Å². The van der Waals surface area contributed by atoms with Gasteiger partial charge in [-0.05, 0) is 86.3 Å². The highest BCUT2D eigenvalue weighted by atomic mass is 16.1. The molecule has 0 aliphatic heterocycles. The molecule has 0 N–H and O–H groups in total. The molecule has 1 nitrogen and oxygen atoms in total. The summed E-state index contributed by atoms with van der Waals surface area (Å²) in [5.41, 5.74) is 4.49. The van der Waals surface area contributed by atoms with Gasteiger partial charge in [0, 0.05) is 14.3 Å². The number of ketones is 1. The minimum Gasteiger partial charge on any atom is -0.300 e. The van der Waals surface area contributed by atoms with E-state index in [4.69, 9.17) is 0 Å². The summed E-state index contributed by atoms with van der Waals surface area (Å²) in [5, 5.41) is 0. The zero-order valence-electron chi connectivity index (χ0n) is 16.2. The molecule has 0 radical (unpaired) electrons. The van der Waals surface area contributed by atoms with Crippen LogP contribution in [0.4, 0.5) is 0 Å². The minimum absolute atomic E-state index is 0. The lowest BCUT2D eigenvalue weighted by atomic mass is 9.69. The van der Waals surface area contributed by atoms with Gasteiger partial charge in [0.05, 0.1) is 0 Å². The Morgan fingerprint density at radius 2 is 1.75 bits per heavy atom. The van der Waals surface area contributed by atoms with E-state index >= 15 is 0 Å². The number of benzene rings is 1. The summed E-state index contributed by atoms with van der Waals surface area (Å²) in [5.74, 6) is 2.78. The number of hydrogen-bond donors (Lipinski definition) is 0. The Kier molecular flexibility index (Phi) is 7.52. The summed E-state index contributed by atoms with van der Waals surface area (Å²) < 4.78 is 0. The standard InChI is InChI=1S/C21H30O.C2H6.H2/c1-3-16-7-12-20(13-15(16)2)18-10-8-17(9-11-18)19-5-4-6-21(22)14-19;1-2;/h7,12-13,17-19H,3-6,8-11,14H2,1-2H3;1-2H3;1H. The molecule has 136 valence electrons. The van der Waals surface area contributed by atoms with E-state index in [0.717, 1.165) is 37.5 Å². The third kappa shape index (κ3) is 4.71. The summed E-state index contributed by atoms with van der Waals surface area (Å²) in [7, 11) is 0. The van der Waals surface area contributed by atoms with Gasteiger partial charge in [-0.1, -0.05) is 39.0 Å². The fourth-order valence-electron chi connectivity index (χ4n) is 4.75. The van der Waals surface area contributed by atoms with E-state index in [1.807, 2.05) is 13.8 Å². The molecular weight excluding hydrogens is 292 g/mol. The van der Waals surface area contributed by atoms with Gasteiger partial charge in [-0.3, -0.25) is 4.79 Å². The van der Waals surface area contributed by atoms with Crippen molar-refractivity contribution in [2.75, 3.05) is 0 Å². The van der Waals surface area contributed by atoms with E-state index in [0.29, 0.717) is 11.7 Å². The topological polar surface area (TPSA) is 17.1 Å². The molecule has 1 aromatic carbocycles. The Bertz CT molecular complexity index is 529. The molecule has 2 aliphatic carbocycles. The quantitative estimate of drug-likeness (QED) is 0.591. The number of Topliss-reactive ketones (excluding diaryl/α,β-unsaturated/α-hetero) is 1. The predicted octanol–water partition coefficient (Wildman–Crippen LogP) is 6.86. The molecule has 3 rings (SSSR count). The molecule has 2 aliphatic rings. The van der Waals surface area contributed by atoms with Gasteiger partial charge in [0.2, 0.25) is 0 Å². The second-order valence-corrected chi connectivity index (χ2v) is 7.55. The fourth-order valence-corrected chi connectivity index (χ4v) is 4.75. The van der Waals surface area contributed by atoms with Gasteiger partial charge >= 0.3 is 0 Å². The molecule has 2 fully saturated rings. The number of aryl methyl sites for hydroxylation is 2. The van der Waals surface area contributed by atoms with Gasteiger partial charge < -0.3 is 0 Å². The maximum atomic E-state index is 11.7. The Labute approximate surface area is 150 Å². The Morgan fingerprint density at radius 1 is 1.04 bits per heavy atom. The van der Waals surface area contributed by atoms with E-state index < -0.39 is 0 Å². The van der Waals surface area contributed by atoms with Crippen molar-refractivity contribution in [1.29, 1.82) is 0 Å². The first-order chi connectivity index (χ1) is 11.7. The minimum atomic E-state index is 0. The van der Waals surface area contributed by atoms with E-state index in [-0.39, 0.29) is 1.43 Å². The lowest BCUT2D eigenvalue weighted by Crippen LogP contribution is -2.26. The highest BCUT2D eigenvalue weighted by Crippen LogP contribution is 2.42.